The quantitative estimate of drug-likeness (QED) is 0.722. The molecule has 0 unspecified atom stereocenters. The number of hydrogen-bond donors (Lipinski definition) is 0. The highest BCUT2D eigenvalue weighted by atomic mass is 35.5. The molecule has 2 aromatic rings. The molecular weight excluding hydrogens is 346 g/mol. The first kappa shape index (κ1) is 16.6. The minimum absolute atomic E-state index is 0.345. The largest absolute Gasteiger partial charge is 0.493 e. The minimum atomic E-state index is -0.362. The number of halogens is 1. The summed E-state index contributed by atoms with van der Waals surface area (Å²) in [6.45, 7) is 2.42. The van der Waals surface area contributed by atoms with Crippen molar-refractivity contribution in [1.29, 1.82) is 0 Å². The van der Waals surface area contributed by atoms with E-state index in [1.165, 1.54) is 0 Å². The first-order valence-electron chi connectivity index (χ1n) is 7.35. The molecule has 0 bridgehead atoms. The maximum absolute atomic E-state index is 12.6. The molecule has 122 valence electrons. The average Bonchev–Trinajstić information content (AvgIpc) is 2.83. The first-order valence-corrected chi connectivity index (χ1v) is 8.55. The zero-order chi connectivity index (χ0) is 17.1. The molecule has 4 nitrogen and oxygen atoms in total. The SMILES string of the molecule is CCOc1ccccc1/C=C1/SC(=O)N(c2cccc(Cl)c2)C1=O. The fourth-order valence-corrected chi connectivity index (χ4v) is 3.35. The van der Waals surface area contributed by atoms with Crippen LogP contribution in [0, 0.1) is 0 Å². The van der Waals surface area contributed by atoms with Crippen LogP contribution in [0.2, 0.25) is 5.02 Å². The number of hydrogen-bond acceptors (Lipinski definition) is 4. The monoisotopic (exact) mass is 359 g/mol. The molecule has 1 saturated heterocycles. The lowest BCUT2D eigenvalue weighted by Gasteiger charge is -2.12. The Morgan fingerprint density at radius 3 is 2.71 bits per heavy atom. The van der Waals surface area contributed by atoms with Crippen LogP contribution in [-0.2, 0) is 4.79 Å². The molecule has 2 amide bonds. The molecule has 0 aromatic heterocycles. The maximum Gasteiger partial charge on any atom is 0.298 e. The highest BCUT2D eigenvalue weighted by Gasteiger charge is 2.36. The van der Waals surface area contributed by atoms with E-state index in [0.29, 0.717) is 28.0 Å². The third-order valence-corrected chi connectivity index (χ3v) is 4.47. The van der Waals surface area contributed by atoms with Crippen molar-refractivity contribution >= 4 is 46.3 Å². The lowest BCUT2D eigenvalue weighted by atomic mass is 10.2. The minimum Gasteiger partial charge on any atom is -0.493 e. The summed E-state index contributed by atoms with van der Waals surface area (Å²) in [5.74, 6) is 0.313. The third kappa shape index (κ3) is 3.32. The second-order valence-electron chi connectivity index (χ2n) is 4.97. The Morgan fingerprint density at radius 1 is 1.17 bits per heavy atom. The molecule has 1 aliphatic rings. The van der Waals surface area contributed by atoms with Crippen molar-refractivity contribution in [3.8, 4) is 5.75 Å². The van der Waals surface area contributed by atoms with Gasteiger partial charge in [-0.15, -0.1) is 0 Å². The highest BCUT2D eigenvalue weighted by molar-refractivity contribution is 8.19. The molecule has 24 heavy (non-hydrogen) atoms. The Balaban J connectivity index is 1.94. The van der Waals surface area contributed by atoms with E-state index in [1.54, 1.807) is 30.3 Å². The van der Waals surface area contributed by atoms with Crippen LogP contribution in [0.15, 0.2) is 53.4 Å². The van der Waals surface area contributed by atoms with Crippen molar-refractivity contribution in [1.82, 2.24) is 0 Å². The normalized spacial score (nSPS) is 16.1. The summed E-state index contributed by atoms with van der Waals surface area (Å²) in [6, 6.07) is 14.1. The molecule has 0 atom stereocenters. The number of para-hydroxylation sites is 1. The van der Waals surface area contributed by atoms with Gasteiger partial charge in [-0.05, 0) is 49.0 Å². The molecule has 6 heteroatoms. The molecule has 0 aliphatic carbocycles. The van der Waals surface area contributed by atoms with Crippen LogP contribution in [0.1, 0.15) is 12.5 Å². The molecule has 3 rings (SSSR count). The van der Waals surface area contributed by atoms with Gasteiger partial charge in [0.15, 0.2) is 0 Å². The molecule has 0 saturated carbocycles. The fraction of sp³-hybridized carbons (Fsp3) is 0.111. The fourth-order valence-electron chi connectivity index (χ4n) is 2.33. The van der Waals surface area contributed by atoms with Crippen LogP contribution in [0.4, 0.5) is 10.5 Å². The van der Waals surface area contributed by atoms with Crippen LogP contribution in [0.25, 0.3) is 6.08 Å². The zero-order valence-electron chi connectivity index (χ0n) is 12.9. The number of anilines is 1. The highest BCUT2D eigenvalue weighted by Crippen LogP contribution is 2.37. The number of rotatable bonds is 4. The lowest BCUT2D eigenvalue weighted by molar-refractivity contribution is -0.113. The Kier molecular flexibility index (Phi) is 4.92. The van der Waals surface area contributed by atoms with Gasteiger partial charge in [-0.2, -0.15) is 0 Å². The van der Waals surface area contributed by atoms with Gasteiger partial charge >= 0.3 is 0 Å². The van der Waals surface area contributed by atoms with Gasteiger partial charge in [-0.25, -0.2) is 4.90 Å². The Morgan fingerprint density at radius 2 is 1.96 bits per heavy atom. The van der Waals surface area contributed by atoms with Crippen LogP contribution < -0.4 is 9.64 Å². The van der Waals surface area contributed by atoms with Gasteiger partial charge in [0.2, 0.25) is 0 Å². The number of benzene rings is 2. The molecule has 0 spiro atoms. The van der Waals surface area contributed by atoms with Gasteiger partial charge in [0.25, 0.3) is 11.1 Å². The summed E-state index contributed by atoms with van der Waals surface area (Å²) >= 11 is 6.86. The number of carbonyl (C=O) groups excluding carboxylic acids is 2. The predicted molar refractivity (Wildman–Crippen MR) is 97.5 cm³/mol. The van der Waals surface area contributed by atoms with E-state index in [9.17, 15) is 9.59 Å². The molecule has 0 N–H and O–H groups in total. The Bertz CT molecular complexity index is 835. The smallest absolute Gasteiger partial charge is 0.298 e. The number of thioether (sulfide) groups is 1. The summed E-state index contributed by atoms with van der Waals surface area (Å²) in [5.41, 5.74) is 1.22. The molecule has 1 fully saturated rings. The second-order valence-corrected chi connectivity index (χ2v) is 6.40. The molecule has 1 aliphatic heterocycles. The number of ether oxygens (including phenoxy) is 1. The second kappa shape index (κ2) is 7.11. The van der Waals surface area contributed by atoms with E-state index in [0.717, 1.165) is 22.2 Å². The van der Waals surface area contributed by atoms with Crippen LogP contribution in [0.5, 0.6) is 5.75 Å². The number of carbonyl (C=O) groups is 2. The maximum atomic E-state index is 12.6. The van der Waals surface area contributed by atoms with Crippen molar-refractivity contribution in [2.45, 2.75) is 6.92 Å². The van der Waals surface area contributed by atoms with Crippen LogP contribution in [-0.4, -0.2) is 17.8 Å². The third-order valence-electron chi connectivity index (χ3n) is 3.37. The van der Waals surface area contributed by atoms with Gasteiger partial charge in [0.1, 0.15) is 5.75 Å². The van der Waals surface area contributed by atoms with E-state index in [-0.39, 0.29) is 11.1 Å². The Labute approximate surface area is 149 Å². The number of imide groups is 1. The van der Waals surface area contributed by atoms with E-state index < -0.39 is 0 Å². The van der Waals surface area contributed by atoms with Crippen molar-refractivity contribution in [2.75, 3.05) is 11.5 Å². The van der Waals surface area contributed by atoms with E-state index in [4.69, 9.17) is 16.3 Å². The van der Waals surface area contributed by atoms with Gasteiger partial charge in [0.05, 0.1) is 17.2 Å². The molecular formula is C18H14ClNO3S. The zero-order valence-corrected chi connectivity index (χ0v) is 14.4. The van der Waals surface area contributed by atoms with Crippen LogP contribution in [0.3, 0.4) is 0 Å². The summed E-state index contributed by atoms with van der Waals surface area (Å²) < 4.78 is 5.56. The summed E-state index contributed by atoms with van der Waals surface area (Å²) in [4.78, 5) is 26.4. The van der Waals surface area contributed by atoms with Gasteiger partial charge in [0, 0.05) is 10.6 Å². The lowest BCUT2D eigenvalue weighted by Crippen LogP contribution is -2.27. The van der Waals surface area contributed by atoms with E-state index in [2.05, 4.69) is 0 Å². The van der Waals surface area contributed by atoms with E-state index >= 15 is 0 Å². The Hall–Kier alpha value is -2.24. The van der Waals surface area contributed by atoms with Gasteiger partial charge in [-0.3, -0.25) is 9.59 Å². The van der Waals surface area contributed by atoms with E-state index in [1.807, 2.05) is 31.2 Å². The topological polar surface area (TPSA) is 46.6 Å². The molecule has 1 heterocycles. The summed E-state index contributed by atoms with van der Waals surface area (Å²) in [6.07, 6.45) is 1.68. The first-order chi connectivity index (χ1) is 11.6. The predicted octanol–water partition coefficient (Wildman–Crippen LogP) is 4.98. The van der Waals surface area contributed by atoms with Gasteiger partial charge < -0.3 is 4.74 Å². The van der Waals surface area contributed by atoms with Crippen molar-refractivity contribution in [3.05, 3.63) is 64.0 Å². The number of nitrogens with zero attached hydrogens (tertiary/aromatic N) is 1. The summed E-state index contributed by atoms with van der Waals surface area (Å²) in [5, 5.41) is 0.125. The van der Waals surface area contributed by atoms with Gasteiger partial charge in [-0.1, -0.05) is 35.9 Å². The summed E-state index contributed by atoms with van der Waals surface area (Å²) in [7, 11) is 0. The number of amides is 2. The van der Waals surface area contributed by atoms with Crippen LogP contribution >= 0.6 is 23.4 Å². The van der Waals surface area contributed by atoms with Crippen molar-refractivity contribution < 1.29 is 14.3 Å². The van der Waals surface area contributed by atoms with Crippen molar-refractivity contribution in [3.63, 3.8) is 0 Å². The molecule has 0 radical (unpaired) electrons. The van der Waals surface area contributed by atoms with Crippen molar-refractivity contribution in [2.24, 2.45) is 0 Å². The average molecular weight is 360 g/mol. The molecule has 2 aromatic carbocycles. The standard InChI is InChI=1S/C18H14ClNO3S/c1-2-23-15-9-4-3-6-12(15)10-16-17(21)20(18(22)24-16)14-8-5-7-13(19)11-14/h3-11H,2H2,1H3/b16-10+.